The van der Waals surface area contributed by atoms with E-state index in [1.807, 2.05) is 51.1 Å². The van der Waals surface area contributed by atoms with Crippen molar-refractivity contribution in [3.63, 3.8) is 0 Å². The molecule has 9 heteroatoms. The summed E-state index contributed by atoms with van der Waals surface area (Å²) in [5.41, 5.74) is 7.93. The van der Waals surface area contributed by atoms with Gasteiger partial charge >= 0.3 is 6.09 Å². The average Bonchev–Trinajstić information content (AvgIpc) is 2.79. The molecule has 0 atom stereocenters. The summed E-state index contributed by atoms with van der Waals surface area (Å²) in [6.07, 6.45) is -0.275. The number of anilines is 3. The summed E-state index contributed by atoms with van der Waals surface area (Å²) in [7, 11) is 0. The molecule has 4 rings (SSSR count). The number of rotatable bonds is 3. The van der Waals surface area contributed by atoms with Crippen molar-refractivity contribution < 1.29 is 14.3 Å². The Morgan fingerprint density at radius 1 is 0.969 bits per heavy atom. The third kappa shape index (κ3) is 5.40. The first-order chi connectivity index (χ1) is 15.3. The second kappa shape index (κ2) is 9.20. The van der Waals surface area contributed by atoms with Crippen molar-refractivity contribution in [3.8, 4) is 11.3 Å². The second-order valence-electron chi connectivity index (χ2n) is 9.09. The molecule has 0 unspecified atom stereocenters. The lowest BCUT2D eigenvalue weighted by molar-refractivity contribution is 0.0240. The number of nitrogens with two attached hydrogens (primary N) is 1. The predicted octanol–water partition coefficient (Wildman–Crippen LogP) is 2.62. The molecule has 3 heterocycles. The Labute approximate surface area is 189 Å². The maximum absolute atomic E-state index is 12.4. The van der Waals surface area contributed by atoms with Gasteiger partial charge in [0.15, 0.2) is 0 Å². The molecule has 32 heavy (non-hydrogen) atoms. The smallest absolute Gasteiger partial charge is 0.410 e. The predicted molar refractivity (Wildman–Crippen MR) is 125 cm³/mol. The van der Waals surface area contributed by atoms with Gasteiger partial charge in [-0.15, -0.1) is 0 Å². The fraction of sp³-hybridized carbons (Fsp3) is 0.522. The first-order valence-electron chi connectivity index (χ1n) is 11.1. The molecule has 2 aliphatic rings. The Bertz CT molecular complexity index is 930. The van der Waals surface area contributed by atoms with E-state index in [0.717, 1.165) is 35.9 Å². The van der Waals surface area contributed by atoms with Crippen LogP contribution < -0.4 is 15.5 Å². The Morgan fingerprint density at radius 2 is 1.62 bits per heavy atom. The van der Waals surface area contributed by atoms with Crippen molar-refractivity contribution in [2.45, 2.75) is 26.4 Å². The zero-order valence-corrected chi connectivity index (χ0v) is 19.1. The van der Waals surface area contributed by atoms with E-state index in [9.17, 15) is 4.79 Å². The number of amides is 1. The molecule has 2 saturated heterocycles. The van der Waals surface area contributed by atoms with Gasteiger partial charge in [0.25, 0.3) is 0 Å². The molecular formula is C23H32N6O3. The fourth-order valence-corrected chi connectivity index (χ4v) is 3.74. The minimum atomic E-state index is -0.502. The van der Waals surface area contributed by atoms with Gasteiger partial charge in [-0.1, -0.05) is 12.1 Å². The van der Waals surface area contributed by atoms with Gasteiger partial charge in [-0.05, 0) is 32.9 Å². The highest BCUT2D eigenvalue weighted by molar-refractivity contribution is 5.69. The summed E-state index contributed by atoms with van der Waals surface area (Å²) in [5.74, 6) is 1.56. The Morgan fingerprint density at radius 3 is 2.25 bits per heavy atom. The van der Waals surface area contributed by atoms with Crippen LogP contribution in [0.1, 0.15) is 20.8 Å². The van der Waals surface area contributed by atoms with Gasteiger partial charge in [0, 0.05) is 56.6 Å². The topological polar surface area (TPSA) is 97.0 Å². The molecule has 2 aliphatic heterocycles. The van der Waals surface area contributed by atoms with Crippen LogP contribution in [0, 0.1) is 0 Å². The van der Waals surface area contributed by atoms with Crippen molar-refractivity contribution >= 4 is 23.5 Å². The van der Waals surface area contributed by atoms with Crippen molar-refractivity contribution in [1.82, 2.24) is 14.9 Å². The number of benzene rings is 1. The lowest BCUT2D eigenvalue weighted by atomic mass is 10.1. The summed E-state index contributed by atoms with van der Waals surface area (Å²) >= 11 is 0. The Kier molecular flexibility index (Phi) is 6.36. The Balaban J connectivity index is 1.55. The van der Waals surface area contributed by atoms with E-state index < -0.39 is 5.60 Å². The van der Waals surface area contributed by atoms with Crippen molar-refractivity contribution in [2.75, 3.05) is 68.0 Å². The first-order valence-corrected chi connectivity index (χ1v) is 11.1. The van der Waals surface area contributed by atoms with Crippen LogP contribution in [-0.4, -0.2) is 79.0 Å². The summed E-state index contributed by atoms with van der Waals surface area (Å²) in [5, 5.41) is 0. The molecule has 0 radical (unpaired) electrons. The molecule has 0 bridgehead atoms. The van der Waals surface area contributed by atoms with Crippen molar-refractivity contribution in [1.29, 1.82) is 0 Å². The summed E-state index contributed by atoms with van der Waals surface area (Å²) in [6, 6.07) is 9.74. The highest BCUT2D eigenvalue weighted by Crippen LogP contribution is 2.27. The van der Waals surface area contributed by atoms with Crippen LogP contribution in [0.3, 0.4) is 0 Å². The first kappa shape index (κ1) is 22.1. The van der Waals surface area contributed by atoms with Crippen LogP contribution in [0.4, 0.5) is 22.2 Å². The SMILES string of the molecule is CC(C)(C)OC(=O)N1CCN(c2nc(-c3ccc(N)cc3)cc(N3CCOCC3)n2)CC1. The zero-order chi connectivity index (χ0) is 22.7. The van der Waals surface area contributed by atoms with E-state index >= 15 is 0 Å². The average molecular weight is 441 g/mol. The number of ether oxygens (including phenoxy) is 2. The molecule has 2 aromatic rings. The van der Waals surface area contributed by atoms with Gasteiger partial charge in [0.1, 0.15) is 11.4 Å². The molecule has 1 amide bonds. The number of aromatic nitrogens is 2. The van der Waals surface area contributed by atoms with E-state index in [0.29, 0.717) is 45.3 Å². The van der Waals surface area contributed by atoms with E-state index in [2.05, 4.69) is 9.80 Å². The van der Waals surface area contributed by atoms with Gasteiger partial charge in [0.05, 0.1) is 18.9 Å². The van der Waals surface area contributed by atoms with E-state index in [4.69, 9.17) is 25.2 Å². The van der Waals surface area contributed by atoms with Crippen molar-refractivity contribution in [3.05, 3.63) is 30.3 Å². The summed E-state index contributed by atoms with van der Waals surface area (Å²) < 4.78 is 11.0. The normalized spacial score (nSPS) is 17.4. The quantitative estimate of drug-likeness (QED) is 0.728. The van der Waals surface area contributed by atoms with Gasteiger partial charge in [-0.3, -0.25) is 0 Å². The maximum Gasteiger partial charge on any atom is 0.410 e. The standard InChI is InChI=1S/C23H32N6O3/c1-23(2,3)32-22(30)29-10-8-28(9-11-29)21-25-19(17-4-6-18(24)7-5-17)16-20(26-21)27-12-14-31-15-13-27/h4-7,16H,8-15,24H2,1-3H3. The van der Waals surface area contributed by atoms with Gasteiger partial charge in [-0.25, -0.2) is 9.78 Å². The molecule has 2 fully saturated rings. The minimum Gasteiger partial charge on any atom is -0.444 e. The molecule has 1 aromatic carbocycles. The molecule has 0 aliphatic carbocycles. The monoisotopic (exact) mass is 440 g/mol. The molecule has 0 saturated carbocycles. The minimum absolute atomic E-state index is 0.275. The van der Waals surface area contributed by atoms with Gasteiger partial charge in [-0.2, -0.15) is 4.98 Å². The molecule has 2 N–H and O–H groups in total. The number of piperazine rings is 1. The fourth-order valence-electron chi connectivity index (χ4n) is 3.74. The van der Waals surface area contributed by atoms with Crippen LogP contribution >= 0.6 is 0 Å². The Hall–Kier alpha value is -3.07. The van der Waals surface area contributed by atoms with Crippen LogP contribution in [0.25, 0.3) is 11.3 Å². The molecular weight excluding hydrogens is 408 g/mol. The van der Waals surface area contributed by atoms with E-state index in [-0.39, 0.29) is 6.09 Å². The highest BCUT2D eigenvalue weighted by atomic mass is 16.6. The molecule has 0 spiro atoms. The summed E-state index contributed by atoms with van der Waals surface area (Å²) in [6.45, 7) is 11.0. The summed E-state index contributed by atoms with van der Waals surface area (Å²) in [4.78, 5) is 28.3. The number of carbonyl (C=O) groups is 1. The van der Waals surface area contributed by atoms with E-state index in [1.54, 1.807) is 4.90 Å². The number of hydrogen-bond donors (Lipinski definition) is 1. The third-order valence-corrected chi connectivity index (χ3v) is 5.46. The molecule has 172 valence electrons. The largest absolute Gasteiger partial charge is 0.444 e. The van der Waals surface area contributed by atoms with E-state index in [1.165, 1.54) is 0 Å². The van der Waals surface area contributed by atoms with Crippen LogP contribution in [-0.2, 0) is 9.47 Å². The van der Waals surface area contributed by atoms with Crippen molar-refractivity contribution in [2.24, 2.45) is 0 Å². The maximum atomic E-state index is 12.4. The number of hydrogen-bond acceptors (Lipinski definition) is 8. The highest BCUT2D eigenvalue weighted by Gasteiger charge is 2.27. The number of morpholine rings is 1. The number of nitrogen functional groups attached to an aromatic ring is 1. The van der Waals surface area contributed by atoms with Crippen LogP contribution in [0.15, 0.2) is 30.3 Å². The third-order valence-electron chi connectivity index (χ3n) is 5.46. The second-order valence-corrected chi connectivity index (χ2v) is 9.09. The lowest BCUT2D eigenvalue weighted by Crippen LogP contribution is -2.50. The lowest BCUT2D eigenvalue weighted by Gasteiger charge is -2.36. The molecule has 9 nitrogen and oxygen atoms in total. The van der Waals surface area contributed by atoms with Gasteiger partial charge < -0.3 is 29.9 Å². The van der Waals surface area contributed by atoms with Crippen LogP contribution in [0.5, 0.6) is 0 Å². The zero-order valence-electron chi connectivity index (χ0n) is 19.1. The van der Waals surface area contributed by atoms with Gasteiger partial charge in [0.2, 0.25) is 5.95 Å². The number of carbonyl (C=O) groups excluding carboxylic acids is 1. The number of nitrogens with zero attached hydrogens (tertiary/aromatic N) is 5. The van der Waals surface area contributed by atoms with Crippen LogP contribution in [0.2, 0.25) is 0 Å². The molecule has 1 aromatic heterocycles.